The minimum absolute atomic E-state index is 0.171. The topological polar surface area (TPSA) is 47.6 Å². The summed E-state index contributed by atoms with van der Waals surface area (Å²) in [5, 5.41) is 3.31. The second kappa shape index (κ2) is 5.28. The number of carbonyl (C=O) groups is 1. The maximum absolute atomic E-state index is 10.8. The van der Waals surface area contributed by atoms with Crippen LogP contribution in [-0.2, 0) is 14.3 Å². The number of ether oxygens (including phenoxy) is 2. The van der Waals surface area contributed by atoms with E-state index in [0.717, 1.165) is 0 Å². The van der Waals surface area contributed by atoms with Crippen LogP contribution in [0.3, 0.4) is 0 Å². The number of carbonyl (C=O) groups excluding carboxylic acids is 1. The molecule has 0 aromatic heterocycles. The molecule has 1 aliphatic heterocycles. The molecule has 1 fully saturated rings. The molecule has 0 spiro atoms. The third kappa shape index (κ3) is 4.44. The fourth-order valence-corrected chi connectivity index (χ4v) is 1.50. The number of methoxy groups -OCH3 is 1. The predicted octanol–water partition coefficient (Wildman–Crippen LogP) is 1.22. The maximum atomic E-state index is 10.8. The highest BCUT2D eigenvalue weighted by atomic mass is 16.5. The summed E-state index contributed by atoms with van der Waals surface area (Å²) in [4.78, 5) is 10.8. The van der Waals surface area contributed by atoms with Crippen LogP contribution in [0.15, 0.2) is 12.2 Å². The molecule has 0 aromatic carbocycles. The second-order valence-electron chi connectivity index (χ2n) is 4.12. The van der Waals surface area contributed by atoms with E-state index in [1.54, 1.807) is 0 Å². The molecule has 86 valence electrons. The Morgan fingerprint density at radius 1 is 1.67 bits per heavy atom. The molecule has 0 radical (unpaired) electrons. The molecule has 1 unspecified atom stereocenters. The van der Waals surface area contributed by atoms with Gasteiger partial charge in [0.2, 0.25) is 0 Å². The first kappa shape index (κ1) is 12.2. The summed E-state index contributed by atoms with van der Waals surface area (Å²) in [5.74, 6) is -0.171. The molecule has 0 aliphatic carbocycles. The third-order valence-electron chi connectivity index (χ3n) is 2.27. The van der Waals surface area contributed by atoms with Crippen molar-refractivity contribution in [2.45, 2.75) is 38.5 Å². The van der Waals surface area contributed by atoms with Crippen molar-refractivity contribution in [2.24, 2.45) is 0 Å². The first-order valence-corrected chi connectivity index (χ1v) is 5.18. The highest BCUT2D eigenvalue weighted by molar-refractivity contribution is 5.69. The molecule has 1 heterocycles. The number of nitrogens with one attached hydrogen (secondary N) is 1. The van der Waals surface area contributed by atoms with Crippen molar-refractivity contribution >= 4 is 5.97 Å². The van der Waals surface area contributed by atoms with Gasteiger partial charge in [0, 0.05) is 6.42 Å². The summed E-state index contributed by atoms with van der Waals surface area (Å²) in [6.07, 6.45) is 5.17. The van der Waals surface area contributed by atoms with Gasteiger partial charge < -0.3 is 9.47 Å². The van der Waals surface area contributed by atoms with E-state index in [-0.39, 0.29) is 17.7 Å². The van der Waals surface area contributed by atoms with E-state index >= 15 is 0 Å². The molecule has 4 nitrogen and oxygen atoms in total. The SMILES string of the molecule is COC(=O)CC/C=C/C1COC(C)(C)N1. The van der Waals surface area contributed by atoms with Gasteiger partial charge in [-0.2, -0.15) is 0 Å². The number of hydrogen-bond acceptors (Lipinski definition) is 4. The van der Waals surface area contributed by atoms with Crippen molar-refractivity contribution in [2.75, 3.05) is 13.7 Å². The van der Waals surface area contributed by atoms with Crippen LogP contribution in [0.4, 0.5) is 0 Å². The standard InChI is InChI=1S/C11H19NO3/c1-11(2)12-9(8-15-11)6-4-5-7-10(13)14-3/h4,6,9,12H,5,7-8H2,1-3H3/b6-4+. The number of esters is 1. The van der Waals surface area contributed by atoms with E-state index in [1.807, 2.05) is 26.0 Å². The summed E-state index contributed by atoms with van der Waals surface area (Å²) in [6.45, 7) is 4.67. The largest absolute Gasteiger partial charge is 0.469 e. The van der Waals surface area contributed by atoms with Crippen molar-refractivity contribution in [1.29, 1.82) is 0 Å². The molecule has 0 bridgehead atoms. The van der Waals surface area contributed by atoms with E-state index in [0.29, 0.717) is 19.4 Å². The van der Waals surface area contributed by atoms with Crippen molar-refractivity contribution in [1.82, 2.24) is 5.32 Å². The molecule has 1 saturated heterocycles. The zero-order chi connectivity index (χ0) is 11.3. The maximum Gasteiger partial charge on any atom is 0.305 e. The quantitative estimate of drug-likeness (QED) is 0.563. The van der Waals surface area contributed by atoms with Crippen LogP contribution in [0.2, 0.25) is 0 Å². The van der Waals surface area contributed by atoms with Gasteiger partial charge in [-0.05, 0) is 20.3 Å². The second-order valence-corrected chi connectivity index (χ2v) is 4.12. The van der Waals surface area contributed by atoms with Crippen LogP contribution < -0.4 is 5.32 Å². The lowest BCUT2D eigenvalue weighted by Crippen LogP contribution is -2.37. The van der Waals surface area contributed by atoms with Gasteiger partial charge in [-0.1, -0.05) is 12.2 Å². The van der Waals surface area contributed by atoms with E-state index in [1.165, 1.54) is 7.11 Å². The Morgan fingerprint density at radius 2 is 2.40 bits per heavy atom. The summed E-state index contributed by atoms with van der Waals surface area (Å²) in [5.41, 5.74) is -0.239. The van der Waals surface area contributed by atoms with Gasteiger partial charge in [0.05, 0.1) is 19.8 Å². The zero-order valence-electron chi connectivity index (χ0n) is 9.58. The van der Waals surface area contributed by atoms with Crippen LogP contribution in [0, 0.1) is 0 Å². The molecule has 0 saturated carbocycles. The van der Waals surface area contributed by atoms with Gasteiger partial charge >= 0.3 is 5.97 Å². The Kier molecular flexibility index (Phi) is 4.29. The molecule has 1 aliphatic rings. The van der Waals surface area contributed by atoms with Gasteiger partial charge in [0.1, 0.15) is 5.72 Å². The van der Waals surface area contributed by atoms with Crippen LogP contribution in [0.25, 0.3) is 0 Å². The summed E-state index contributed by atoms with van der Waals surface area (Å²) in [7, 11) is 1.40. The Morgan fingerprint density at radius 3 is 2.93 bits per heavy atom. The van der Waals surface area contributed by atoms with E-state index in [2.05, 4.69) is 10.1 Å². The molecular weight excluding hydrogens is 194 g/mol. The number of hydrogen-bond donors (Lipinski definition) is 1. The monoisotopic (exact) mass is 213 g/mol. The van der Waals surface area contributed by atoms with Gasteiger partial charge in [0.15, 0.2) is 0 Å². The first-order chi connectivity index (χ1) is 7.03. The fourth-order valence-electron chi connectivity index (χ4n) is 1.50. The average molecular weight is 213 g/mol. The van der Waals surface area contributed by atoms with Gasteiger partial charge in [-0.25, -0.2) is 0 Å². The lowest BCUT2D eigenvalue weighted by atomic mass is 10.2. The average Bonchev–Trinajstić information content (AvgIpc) is 2.52. The predicted molar refractivity (Wildman–Crippen MR) is 57.3 cm³/mol. The minimum Gasteiger partial charge on any atom is -0.469 e. The number of rotatable bonds is 4. The highest BCUT2D eigenvalue weighted by Gasteiger charge is 2.28. The number of allylic oxidation sites excluding steroid dienone is 1. The van der Waals surface area contributed by atoms with Crippen molar-refractivity contribution in [3.05, 3.63) is 12.2 Å². The van der Waals surface area contributed by atoms with E-state index in [4.69, 9.17) is 4.74 Å². The Hall–Kier alpha value is -0.870. The lowest BCUT2D eigenvalue weighted by Gasteiger charge is -2.16. The Labute approximate surface area is 90.6 Å². The fraction of sp³-hybridized carbons (Fsp3) is 0.727. The van der Waals surface area contributed by atoms with E-state index < -0.39 is 0 Å². The van der Waals surface area contributed by atoms with Crippen LogP contribution in [-0.4, -0.2) is 31.5 Å². The van der Waals surface area contributed by atoms with Gasteiger partial charge in [-0.15, -0.1) is 0 Å². The van der Waals surface area contributed by atoms with Crippen LogP contribution in [0.1, 0.15) is 26.7 Å². The van der Waals surface area contributed by atoms with Crippen molar-refractivity contribution in [3.63, 3.8) is 0 Å². The van der Waals surface area contributed by atoms with E-state index in [9.17, 15) is 4.79 Å². The molecule has 1 atom stereocenters. The zero-order valence-corrected chi connectivity index (χ0v) is 9.58. The Bertz CT molecular complexity index is 248. The summed E-state index contributed by atoms with van der Waals surface area (Å²) in [6, 6.07) is 0.248. The van der Waals surface area contributed by atoms with Crippen molar-refractivity contribution in [3.8, 4) is 0 Å². The smallest absolute Gasteiger partial charge is 0.305 e. The molecule has 0 aromatic rings. The normalized spacial score (nSPS) is 24.6. The molecular formula is C11H19NO3. The van der Waals surface area contributed by atoms with Gasteiger partial charge in [0.25, 0.3) is 0 Å². The summed E-state index contributed by atoms with van der Waals surface area (Å²) >= 11 is 0. The highest BCUT2D eigenvalue weighted by Crippen LogP contribution is 2.14. The molecule has 15 heavy (non-hydrogen) atoms. The van der Waals surface area contributed by atoms with Gasteiger partial charge in [-0.3, -0.25) is 10.1 Å². The molecule has 1 rings (SSSR count). The lowest BCUT2D eigenvalue weighted by molar-refractivity contribution is -0.140. The van der Waals surface area contributed by atoms with Crippen molar-refractivity contribution < 1.29 is 14.3 Å². The van der Waals surface area contributed by atoms with Crippen LogP contribution in [0.5, 0.6) is 0 Å². The molecule has 4 heteroatoms. The minimum atomic E-state index is -0.239. The van der Waals surface area contributed by atoms with Crippen LogP contribution >= 0.6 is 0 Å². The Balaban J connectivity index is 2.19. The summed E-state index contributed by atoms with van der Waals surface area (Å²) < 4.78 is 10.0. The molecule has 1 N–H and O–H groups in total. The third-order valence-corrected chi connectivity index (χ3v) is 2.27. The first-order valence-electron chi connectivity index (χ1n) is 5.18. The molecule has 0 amide bonds.